The van der Waals surface area contributed by atoms with E-state index in [-0.39, 0.29) is 11.2 Å². The zero-order valence-corrected chi connectivity index (χ0v) is 16.5. The minimum Gasteiger partial charge on any atom is -0.388 e. The van der Waals surface area contributed by atoms with Gasteiger partial charge in [0.15, 0.2) is 5.96 Å². The molecular formula is C19H29ClFN3O2. The summed E-state index contributed by atoms with van der Waals surface area (Å²) in [5.74, 6) is 0.288. The van der Waals surface area contributed by atoms with Crippen molar-refractivity contribution in [1.82, 2.24) is 10.6 Å². The number of aliphatic imine (C=N–C) groups is 1. The average Bonchev–Trinajstić information content (AvgIpc) is 2.58. The Morgan fingerprint density at radius 2 is 2.04 bits per heavy atom. The molecule has 0 aliphatic carbocycles. The zero-order valence-electron chi connectivity index (χ0n) is 15.7. The Morgan fingerprint density at radius 3 is 2.65 bits per heavy atom. The maximum atomic E-state index is 13.3. The fraction of sp³-hybridized carbons (Fsp3) is 0.632. The van der Waals surface area contributed by atoms with Gasteiger partial charge in [-0.1, -0.05) is 31.5 Å². The quantitative estimate of drug-likeness (QED) is 0.520. The highest BCUT2D eigenvalue weighted by Crippen LogP contribution is 2.30. The van der Waals surface area contributed by atoms with Crippen molar-refractivity contribution in [1.29, 1.82) is 0 Å². The number of guanidine groups is 1. The van der Waals surface area contributed by atoms with E-state index in [4.69, 9.17) is 16.3 Å². The molecule has 0 aromatic heterocycles. The van der Waals surface area contributed by atoms with Crippen LogP contribution in [0, 0.1) is 5.82 Å². The average molecular weight is 386 g/mol. The number of hydrogen-bond acceptors (Lipinski definition) is 3. The second kappa shape index (κ2) is 9.02. The van der Waals surface area contributed by atoms with Gasteiger partial charge in [0.05, 0.1) is 12.1 Å². The van der Waals surface area contributed by atoms with Crippen LogP contribution in [-0.2, 0) is 10.2 Å². The standard InChI is InChI=1S/C19H29ClFN3O2/c1-4-22-17(24-13-19(25)7-9-26-10-8-19)23-12-18(2,3)15-6-5-14(21)11-16(15)20/h5-6,11,25H,4,7-10,12-13H2,1-3H3,(H2,22,23,24). The summed E-state index contributed by atoms with van der Waals surface area (Å²) in [5.41, 5.74) is -0.282. The molecule has 0 unspecified atom stereocenters. The Labute approximate surface area is 160 Å². The molecule has 3 N–H and O–H groups in total. The predicted octanol–water partition coefficient (Wildman–Crippen LogP) is 2.85. The van der Waals surface area contributed by atoms with Gasteiger partial charge in [-0.25, -0.2) is 4.39 Å². The number of ether oxygens (including phenoxy) is 1. The molecule has 1 aliphatic heterocycles. The van der Waals surface area contributed by atoms with E-state index in [1.54, 1.807) is 6.07 Å². The molecule has 0 amide bonds. The normalized spacial score (nSPS) is 17.8. The fourth-order valence-corrected chi connectivity index (χ4v) is 3.34. The van der Waals surface area contributed by atoms with E-state index in [0.717, 1.165) is 5.56 Å². The topological polar surface area (TPSA) is 65.9 Å². The lowest BCUT2D eigenvalue weighted by atomic mass is 9.84. The third-order valence-corrected chi connectivity index (χ3v) is 4.96. The summed E-state index contributed by atoms with van der Waals surface area (Å²) in [6, 6.07) is 4.45. The number of hydrogen-bond donors (Lipinski definition) is 3. The second-order valence-corrected chi connectivity index (χ2v) is 7.80. The summed E-state index contributed by atoms with van der Waals surface area (Å²) in [6.45, 7) is 8.77. The van der Waals surface area contributed by atoms with Crippen LogP contribution >= 0.6 is 11.6 Å². The lowest BCUT2D eigenvalue weighted by Gasteiger charge is -2.32. The van der Waals surface area contributed by atoms with Crippen LogP contribution in [0.1, 0.15) is 39.2 Å². The molecule has 1 aromatic carbocycles. The van der Waals surface area contributed by atoms with Gasteiger partial charge in [0.1, 0.15) is 5.82 Å². The smallest absolute Gasteiger partial charge is 0.191 e. The van der Waals surface area contributed by atoms with Crippen LogP contribution in [0.5, 0.6) is 0 Å². The Morgan fingerprint density at radius 1 is 1.35 bits per heavy atom. The molecule has 26 heavy (non-hydrogen) atoms. The van der Waals surface area contributed by atoms with E-state index in [1.165, 1.54) is 12.1 Å². The Kier molecular flexibility index (Phi) is 7.26. The lowest BCUT2D eigenvalue weighted by Crippen LogP contribution is -2.50. The van der Waals surface area contributed by atoms with Crippen molar-refractivity contribution in [3.8, 4) is 0 Å². The molecule has 5 nitrogen and oxygen atoms in total. The molecule has 1 aromatic rings. The van der Waals surface area contributed by atoms with Crippen molar-refractivity contribution in [2.75, 3.05) is 32.8 Å². The van der Waals surface area contributed by atoms with Crippen LogP contribution in [0.4, 0.5) is 4.39 Å². The van der Waals surface area contributed by atoms with E-state index in [1.807, 2.05) is 20.8 Å². The first-order valence-electron chi connectivity index (χ1n) is 9.04. The molecule has 7 heteroatoms. The number of nitrogens with one attached hydrogen (secondary N) is 2. The largest absolute Gasteiger partial charge is 0.388 e. The summed E-state index contributed by atoms with van der Waals surface area (Å²) < 4.78 is 18.6. The van der Waals surface area contributed by atoms with Gasteiger partial charge in [-0.05, 0) is 24.6 Å². The Bertz CT molecular complexity index is 631. The number of aliphatic hydroxyl groups is 1. The Hall–Kier alpha value is -1.37. The van der Waals surface area contributed by atoms with Crippen molar-refractivity contribution >= 4 is 17.6 Å². The van der Waals surface area contributed by atoms with Crippen molar-refractivity contribution in [3.63, 3.8) is 0 Å². The molecule has 1 saturated heterocycles. The van der Waals surface area contributed by atoms with Gasteiger partial charge in [0.2, 0.25) is 0 Å². The predicted molar refractivity (Wildman–Crippen MR) is 103 cm³/mol. The highest BCUT2D eigenvalue weighted by atomic mass is 35.5. The van der Waals surface area contributed by atoms with E-state index in [2.05, 4.69) is 15.6 Å². The van der Waals surface area contributed by atoms with Crippen LogP contribution < -0.4 is 10.6 Å². The van der Waals surface area contributed by atoms with Crippen LogP contribution in [0.3, 0.4) is 0 Å². The second-order valence-electron chi connectivity index (χ2n) is 7.39. The van der Waals surface area contributed by atoms with Crippen molar-refractivity contribution < 1.29 is 14.2 Å². The molecule has 0 saturated carbocycles. The number of rotatable bonds is 6. The highest BCUT2D eigenvalue weighted by molar-refractivity contribution is 6.31. The summed E-state index contributed by atoms with van der Waals surface area (Å²) in [4.78, 5) is 4.64. The van der Waals surface area contributed by atoms with Gasteiger partial charge in [0.25, 0.3) is 0 Å². The van der Waals surface area contributed by atoms with E-state index < -0.39 is 5.60 Å². The van der Waals surface area contributed by atoms with E-state index >= 15 is 0 Å². The molecule has 2 rings (SSSR count). The molecule has 0 radical (unpaired) electrons. The summed E-state index contributed by atoms with van der Waals surface area (Å²) in [5, 5.41) is 17.4. The van der Waals surface area contributed by atoms with E-state index in [0.29, 0.717) is 56.7 Å². The minimum absolute atomic E-state index is 0.349. The zero-order chi connectivity index (χ0) is 19.2. The van der Waals surface area contributed by atoms with Crippen LogP contribution in [-0.4, -0.2) is 49.5 Å². The molecule has 146 valence electrons. The number of nitrogens with zero attached hydrogens (tertiary/aromatic N) is 1. The first-order chi connectivity index (χ1) is 12.3. The number of halogens is 2. The molecule has 0 atom stereocenters. The van der Waals surface area contributed by atoms with Crippen molar-refractivity contribution in [2.24, 2.45) is 4.99 Å². The maximum Gasteiger partial charge on any atom is 0.191 e. The first-order valence-corrected chi connectivity index (χ1v) is 9.41. The van der Waals surface area contributed by atoms with Crippen LogP contribution in [0.15, 0.2) is 23.2 Å². The number of benzene rings is 1. The molecule has 0 spiro atoms. The minimum atomic E-state index is -0.774. The van der Waals surface area contributed by atoms with Gasteiger partial charge >= 0.3 is 0 Å². The highest BCUT2D eigenvalue weighted by Gasteiger charge is 2.30. The SMILES string of the molecule is CCNC(=NCC(C)(C)c1ccc(F)cc1Cl)NCC1(O)CCOCC1. The van der Waals surface area contributed by atoms with Gasteiger partial charge in [0, 0.05) is 49.6 Å². The molecule has 0 bridgehead atoms. The van der Waals surface area contributed by atoms with Crippen molar-refractivity contribution in [3.05, 3.63) is 34.6 Å². The monoisotopic (exact) mass is 385 g/mol. The van der Waals surface area contributed by atoms with Crippen molar-refractivity contribution in [2.45, 2.75) is 44.6 Å². The summed E-state index contributed by atoms with van der Waals surface area (Å²) in [7, 11) is 0. The molecule has 1 aliphatic rings. The Balaban J connectivity index is 2.04. The van der Waals surface area contributed by atoms with E-state index in [9.17, 15) is 9.50 Å². The molecule has 1 fully saturated rings. The summed E-state index contributed by atoms with van der Waals surface area (Å²) >= 11 is 6.21. The maximum absolute atomic E-state index is 13.3. The third-order valence-electron chi connectivity index (χ3n) is 4.65. The van der Waals surface area contributed by atoms with Gasteiger partial charge < -0.3 is 20.5 Å². The lowest BCUT2D eigenvalue weighted by molar-refractivity contribution is -0.0594. The summed E-state index contributed by atoms with van der Waals surface area (Å²) in [6.07, 6.45) is 1.21. The third kappa shape index (κ3) is 5.83. The van der Waals surface area contributed by atoms with Gasteiger partial charge in [-0.3, -0.25) is 4.99 Å². The van der Waals surface area contributed by atoms with Gasteiger partial charge in [-0.2, -0.15) is 0 Å². The van der Waals surface area contributed by atoms with Gasteiger partial charge in [-0.15, -0.1) is 0 Å². The fourth-order valence-electron chi connectivity index (χ4n) is 2.92. The van der Waals surface area contributed by atoms with Crippen LogP contribution in [0.25, 0.3) is 0 Å². The molecular weight excluding hydrogens is 357 g/mol. The van der Waals surface area contributed by atoms with Crippen LogP contribution in [0.2, 0.25) is 5.02 Å². The molecule has 1 heterocycles. The first kappa shape index (κ1) is 20.9.